The van der Waals surface area contributed by atoms with E-state index in [-0.39, 0.29) is 5.69 Å². The largest absolute Gasteiger partial charge is 0.497 e. The van der Waals surface area contributed by atoms with Gasteiger partial charge in [-0.1, -0.05) is 41.9 Å². The summed E-state index contributed by atoms with van der Waals surface area (Å²) in [5.74, 6) is -0.702. The molecule has 1 amide bonds. The molecule has 6 nitrogen and oxygen atoms in total. The Morgan fingerprint density at radius 3 is 2.33 bits per heavy atom. The van der Waals surface area contributed by atoms with Crippen molar-refractivity contribution >= 4 is 35.2 Å². The smallest absolute Gasteiger partial charge is 0.417 e. The molecule has 0 bridgehead atoms. The highest BCUT2D eigenvalue weighted by Crippen LogP contribution is 2.36. The Hall–Kier alpha value is -3.98. The van der Waals surface area contributed by atoms with Gasteiger partial charge >= 0.3 is 12.1 Å². The van der Waals surface area contributed by atoms with Gasteiger partial charge in [0.05, 0.1) is 24.8 Å². The summed E-state index contributed by atoms with van der Waals surface area (Å²) in [5.41, 5.74) is -0.389. The molecule has 0 spiro atoms. The van der Waals surface area contributed by atoms with Crippen LogP contribution in [0, 0.1) is 0 Å². The van der Waals surface area contributed by atoms with Crippen molar-refractivity contribution in [2.24, 2.45) is 0 Å². The van der Waals surface area contributed by atoms with Crippen LogP contribution in [0.15, 0.2) is 72.8 Å². The van der Waals surface area contributed by atoms with Crippen molar-refractivity contribution in [3.05, 3.63) is 94.5 Å². The summed E-state index contributed by atoms with van der Waals surface area (Å²) in [7, 11) is 2.96. The molecule has 0 saturated carbocycles. The van der Waals surface area contributed by atoms with Crippen LogP contribution < -0.4 is 14.8 Å². The fraction of sp³-hybridized carbons (Fsp3) is 0.154. The Morgan fingerprint density at radius 1 is 0.972 bits per heavy atom. The number of amides is 1. The lowest BCUT2D eigenvalue weighted by molar-refractivity contribution is -0.149. The van der Waals surface area contributed by atoms with Crippen LogP contribution >= 0.6 is 11.6 Å². The Morgan fingerprint density at radius 2 is 1.69 bits per heavy atom. The van der Waals surface area contributed by atoms with Gasteiger partial charge in [-0.25, -0.2) is 4.79 Å². The quantitative estimate of drug-likeness (QED) is 0.279. The highest BCUT2D eigenvalue weighted by Gasteiger charge is 2.34. The number of nitrogens with one attached hydrogen (secondary N) is 1. The van der Waals surface area contributed by atoms with Crippen molar-refractivity contribution in [2.75, 3.05) is 19.5 Å². The van der Waals surface area contributed by atoms with Gasteiger partial charge in [0.15, 0.2) is 0 Å². The molecule has 0 heterocycles. The van der Waals surface area contributed by atoms with Crippen LogP contribution in [0.2, 0.25) is 5.02 Å². The van der Waals surface area contributed by atoms with E-state index in [1.54, 1.807) is 48.5 Å². The lowest BCUT2D eigenvalue weighted by atomic mass is 10.1. The van der Waals surface area contributed by atoms with Crippen LogP contribution in [0.4, 0.5) is 18.9 Å². The summed E-state index contributed by atoms with van der Waals surface area (Å²) in [6, 6.07) is 16.0. The van der Waals surface area contributed by atoms with Gasteiger partial charge in [0.25, 0.3) is 5.91 Å². The molecule has 1 N–H and O–H groups in total. The minimum absolute atomic E-state index is 0.160. The number of carbonyl (C=O) groups excluding carboxylic acids is 2. The Bertz CT molecular complexity index is 1260. The van der Waals surface area contributed by atoms with E-state index in [1.165, 1.54) is 26.4 Å². The van der Waals surface area contributed by atoms with E-state index in [2.05, 4.69) is 5.32 Å². The van der Waals surface area contributed by atoms with Gasteiger partial charge in [-0.2, -0.15) is 13.2 Å². The predicted molar refractivity (Wildman–Crippen MR) is 129 cm³/mol. The number of hydrogen-bond acceptors (Lipinski definition) is 5. The maximum atomic E-state index is 13.2. The predicted octanol–water partition coefficient (Wildman–Crippen LogP) is 6.31. The first kappa shape index (κ1) is 26.6. The molecule has 0 unspecified atom stereocenters. The average Bonchev–Trinajstić information content (AvgIpc) is 2.86. The first-order chi connectivity index (χ1) is 17.1. The van der Waals surface area contributed by atoms with Gasteiger partial charge in [-0.15, -0.1) is 0 Å². The molecule has 0 aliphatic carbocycles. The summed E-state index contributed by atoms with van der Waals surface area (Å²) in [5, 5.41) is 1.85. The first-order valence-electron chi connectivity index (χ1n) is 10.5. The average molecular weight is 520 g/mol. The van der Waals surface area contributed by atoms with E-state index in [9.17, 15) is 22.8 Å². The lowest BCUT2D eigenvalue weighted by Gasteiger charge is -2.18. The summed E-state index contributed by atoms with van der Waals surface area (Å²) in [4.78, 5) is 25.6. The zero-order chi connectivity index (χ0) is 26.3. The molecule has 3 aromatic carbocycles. The second-order valence-corrected chi connectivity index (χ2v) is 7.76. The normalized spacial score (nSPS) is 12.2. The number of rotatable bonds is 8. The van der Waals surface area contributed by atoms with Crippen LogP contribution in [0.25, 0.3) is 6.08 Å². The van der Waals surface area contributed by atoms with Crippen molar-refractivity contribution in [2.45, 2.75) is 12.3 Å². The number of esters is 1. The van der Waals surface area contributed by atoms with Crippen LogP contribution in [0.3, 0.4) is 0 Å². The number of alkyl halides is 3. The van der Waals surface area contributed by atoms with Crippen molar-refractivity contribution in [1.29, 1.82) is 0 Å². The number of hydrogen-bond donors (Lipinski definition) is 1. The second-order valence-electron chi connectivity index (χ2n) is 7.35. The SMILES string of the molecule is COc1ccc(/C=C/C(=O)O[C@@H](C(=O)Nc2ccc(Cl)c(C(F)(F)F)c2)c2ccccc2)c(OC)c1. The van der Waals surface area contributed by atoms with Crippen LogP contribution in [0.5, 0.6) is 11.5 Å². The molecule has 3 rings (SSSR count). The van der Waals surface area contributed by atoms with Crippen LogP contribution in [0.1, 0.15) is 22.8 Å². The van der Waals surface area contributed by atoms with Gasteiger partial charge in [-0.3, -0.25) is 4.79 Å². The van der Waals surface area contributed by atoms with Crippen molar-refractivity contribution in [3.63, 3.8) is 0 Å². The first-order valence-corrected chi connectivity index (χ1v) is 10.8. The van der Waals surface area contributed by atoms with Gasteiger partial charge < -0.3 is 19.5 Å². The maximum absolute atomic E-state index is 13.2. The maximum Gasteiger partial charge on any atom is 0.417 e. The third kappa shape index (κ3) is 6.79. The van der Waals surface area contributed by atoms with Crippen molar-refractivity contribution in [3.8, 4) is 11.5 Å². The fourth-order valence-electron chi connectivity index (χ4n) is 3.20. The van der Waals surface area contributed by atoms with E-state index in [4.69, 9.17) is 25.8 Å². The monoisotopic (exact) mass is 519 g/mol. The molecule has 0 aromatic heterocycles. The summed E-state index contributed by atoms with van der Waals surface area (Å²) < 4.78 is 55.4. The Balaban J connectivity index is 1.82. The van der Waals surface area contributed by atoms with E-state index in [1.807, 2.05) is 0 Å². The van der Waals surface area contributed by atoms with Gasteiger partial charge in [0, 0.05) is 29.0 Å². The zero-order valence-electron chi connectivity index (χ0n) is 19.1. The van der Waals surface area contributed by atoms with Crippen LogP contribution in [-0.2, 0) is 20.5 Å². The molecule has 1 atom stereocenters. The van der Waals surface area contributed by atoms with Gasteiger partial charge in [0.2, 0.25) is 6.10 Å². The van der Waals surface area contributed by atoms with Crippen molar-refractivity contribution < 1.29 is 37.0 Å². The lowest BCUT2D eigenvalue weighted by Crippen LogP contribution is -2.25. The summed E-state index contributed by atoms with van der Waals surface area (Å²) in [6.07, 6.45) is -3.60. The number of halogens is 4. The highest BCUT2D eigenvalue weighted by atomic mass is 35.5. The van der Waals surface area contributed by atoms with E-state index < -0.39 is 34.7 Å². The molecule has 0 radical (unpaired) electrons. The van der Waals surface area contributed by atoms with Crippen LogP contribution in [-0.4, -0.2) is 26.1 Å². The molecule has 36 heavy (non-hydrogen) atoms. The number of anilines is 1. The number of ether oxygens (including phenoxy) is 3. The van der Waals surface area contributed by atoms with Gasteiger partial charge in [0.1, 0.15) is 11.5 Å². The number of carbonyl (C=O) groups is 2. The Labute approximate surface area is 210 Å². The Kier molecular flexibility index (Phi) is 8.60. The zero-order valence-corrected chi connectivity index (χ0v) is 19.9. The summed E-state index contributed by atoms with van der Waals surface area (Å²) in [6.45, 7) is 0. The molecular weight excluding hydrogens is 499 g/mol. The molecule has 10 heteroatoms. The van der Waals surface area contributed by atoms with Gasteiger partial charge in [-0.05, 0) is 36.4 Å². The molecule has 0 aliphatic heterocycles. The molecule has 0 saturated heterocycles. The van der Waals surface area contributed by atoms with E-state index >= 15 is 0 Å². The van der Waals surface area contributed by atoms with Crippen molar-refractivity contribution in [1.82, 2.24) is 0 Å². The molecular formula is C26H21ClF3NO5. The molecule has 188 valence electrons. The third-order valence-corrected chi connectivity index (χ3v) is 5.28. The minimum Gasteiger partial charge on any atom is -0.497 e. The van der Waals surface area contributed by atoms with E-state index in [0.29, 0.717) is 28.7 Å². The molecule has 0 fully saturated rings. The standard InChI is InChI=1S/C26H21ClF3NO5/c1-34-19-11-8-16(22(15-19)35-2)9-13-23(32)36-24(17-6-4-3-5-7-17)25(33)31-18-10-12-21(27)20(14-18)26(28,29)30/h3-15,24H,1-2H3,(H,31,33)/b13-9+/t24-/m1/s1. The fourth-order valence-corrected chi connectivity index (χ4v) is 3.42. The topological polar surface area (TPSA) is 73.9 Å². The number of methoxy groups -OCH3 is 2. The van der Waals surface area contributed by atoms with E-state index in [0.717, 1.165) is 12.1 Å². The summed E-state index contributed by atoms with van der Waals surface area (Å²) >= 11 is 5.64. The highest BCUT2D eigenvalue weighted by molar-refractivity contribution is 6.31. The number of benzene rings is 3. The molecule has 3 aromatic rings. The minimum atomic E-state index is -4.71. The molecule has 0 aliphatic rings. The third-order valence-electron chi connectivity index (χ3n) is 4.95. The second kappa shape index (κ2) is 11.6.